The molecular weight excluding hydrogens is 302 g/mol. The summed E-state index contributed by atoms with van der Waals surface area (Å²) >= 11 is 1.68. The fraction of sp³-hybridized carbons (Fsp3) is 0.650. The van der Waals surface area contributed by atoms with Crippen LogP contribution in [0, 0.1) is 5.92 Å². The zero-order valence-corrected chi connectivity index (χ0v) is 15.7. The minimum Gasteiger partial charge on any atom is -0.300 e. The van der Waals surface area contributed by atoms with E-state index in [-0.39, 0.29) is 0 Å². The van der Waals surface area contributed by atoms with E-state index in [1.807, 2.05) is 32.0 Å². The minimum absolute atomic E-state index is 0.344. The van der Waals surface area contributed by atoms with E-state index in [0.717, 1.165) is 16.9 Å². The van der Waals surface area contributed by atoms with Crippen LogP contribution in [0.5, 0.6) is 0 Å². The number of thioether (sulfide) groups is 1. The molecule has 0 N–H and O–H groups in total. The Balaban J connectivity index is 0.000000924. The Morgan fingerprint density at radius 3 is 2.52 bits per heavy atom. The van der Waals surface area contributed by atoms with E-state index in [0.29, 0.717) is 17.7 Å². The van der Waals surface area contributed by atoms with Gasteiger partial charge in [-0.3, -0.25) is 4.79 Å². The summed E-state index contributed by atoms with van der Waals surface area (Å²) in [5.41, 5.74) is 0.928. The van der Waals surface area contributed by atoms with Crippen molar-refractivity contribution in [1.82, 2.24) is 4.90 Å². The highest BCUT2D eigenvalue weighted by atomic mass is 32.2. The summed E-state index contributed by atoms with van der Waals surface area (Å²) in [5.74, 6) is 0.918. The van der Waals surface area contributed by atoms with Crippen molar-refractivity contribution in [2.45, 2.75) is 63.3 Å². The van der Waals surface area contributed by atoms with Crippen molar-refractivity contribution in [3.63, 3.8) is 0 Å². The first-order chi connectivity index (χ1) is 11.3. The second-order valence-corrected chi connectivity index (χ2v) is 7.18. The van der Waals surface area contributed by atoms with Crippen LogP contribution in [0.4, 0.5) is 0 Å². The van der Waals surface area contributed by atoms with E-state index in [9.17, 15) is 4.79 Å². The van der Waals surface area contributed by atoms with Crippen molar-refractivity contribution >= 4 is 17.5 Å². The minimum atomic E-state index is 0.344. The van der Waals surface area contributed by atoms with Crippen molar-refractivity contribution in [2.24, 2.45) is 5.92 Å². The molecule has 0 bridgehead atoms. The lowest BCUT2D eigenvalue weighted by molar-refractivity contribution is 0.0927. The summed E-state index contributed by atoms with van der Waals surface area (Å²) in [7, 11) is 0. The molecule has 1 heterocycles. The van der Waals surface area contributed by atoms with E-state index in [1.165, 1.54) is 45.2 Å². The topological polar surface area (TPSA) is 20.3 Å². The van der Waals surface area contributed by atoms with Crippen molar-refractivity contribution < 1.29 is 4.79 Å². The molecule has 1 saturated carbocycles. The summed E-state index contributed by atoms with van der Waals surface area (Å²) in [6.45, 7) is 6.49. The monoisotopic (exact) mass is 333 g/mol. The smallest absolute Gasteiger partial charge is 0.164 e. The Labute approximate surface area is 146 Å². The van der Waals surface area contributed by atoms with E-state index in [1.54, 1.807) is 11.8 Å². The molecule has 2 nitrogen and oxygen atoms in total. The van der Waals surface area contributed by atoms with Crippen LogP contribution in [0.3, 0.4) is 0 Å². The lowest BCUT2D eigenvalue weighted by Crippen LogP contribution is -2.36. The molecule has 0 radical (unpaired) electrons. The van der Waals surface area contributed by atoms with Gasteiger partial charge < -0.3 is 4.90 Å². The Bertz CT molecular complexity index is 496. The summed E-state index contributed by atoms with van der Waals surface area (Å²) in [4.78, 5) is 16.5. The summed E-state index contributed by atoms with van der Waals surface area (Å²) in [6, 6.07) is 8.72. The molecule has 2 atom stereocenters. The molecule has 2 aliphatic rings. The summed E-state index contributed by atoms with van der Waals surface area (Å²) in [6.07, 6.45) is 9.28. The Morgan fingerprint density at radius 1 is 1.13 bits per heavy atom. The van der Waals surface area contributed by atoms with Gasteiger partial charge in [0.2, 0.25) is 0 Å². The van der Waals surface area contributed by atoms with Gasteiger partial charge in [0.1, 0.15) is 0 Å². The summed E-state index contributed by atoms with van der Waals surface area (Å²) in [5, 5.41) is 0. The van der Waals surface area contributed by atoms with Crippen molar-refractivity contribution in [2.75, 3.05) is 19.3 Å². The van der Waals surface area contributed by atoms with Gasteiger partial charge in [-0.25, -0.2) is 0 Å². The molecule has 0 spiro atoms. The molecule has 2 fully saturated rings. The van der Waals surface area contributed by atoms with Crippen molar-refractivity contribution in [3.8, 4) is 0 Å². The quantitative estimate of drug-likeness (QED) is 0.540. The van der Waals surface area contributed by atoms with E-state index in [4.69, 9.17) is 0 Å². The molecule has 23 heavy (non-hydrogen) atoms. The normalized spacial score (nSPS) is 24.3. The van der Waals surface area contributed by atoms with Gasteiger partial charge >= 0.3 is 0 Å². The third-order valence-corrected chi connectivity index (χ3v) is 5.88. The van der Waals surface area contributed by atoms with E-state index >= 15 is 0 Å². The third-order valence-electron chi connectivity index (χ3n) is 5.08. The maximum Gasteiger partial charge on any atom is 0.164 e. The number of ketones is 1. The number of carbonyl (C=O) groups is 1. The second kappa shape index (κ2) is 9.48. The molecule has 2 unspecified atom stereocenters. The first kappa shape index (κ1) is 18.5. The van der Waals surface area contributed by atoms with E-state index < -0.39 is 0 Å². The fourth-order valence-corrected chi connectivity index (χ4v) is 4.65. The van der Waals surface area contributed by atoms with Crippen LogP contribution in [0.2, 0.25) is 0 Å². The number of likely N-dealkylation sites (tertiary alicyclic amines) is 1. The second-order valence-electron chi connectivity index (χ2n) is 6.33. The number of hydrogen-bond acceptors (Lipinski definition) is 3. The SMILES string of the molecule is CC.CSc1ccccc1C(=O)CC1CCCC1N1CCCC1. The summed E-state index contributed by atoms with van der Waals surface area (Å²) < 4.78 is 0. The molecule has 1 aromatic rings. The zero-order chi connectivity index (χ0) is 16.7. The number of carbonyl (C=O) groups excluding carboxylic acids is 1. The highest BCUT2D eigenvalue weighted by molar-refractivity contribution is 7.98. The lowest BCUT2D eigenvalue weighted by Gasteiger charge is -2.29. The molecule has 1 saturated heterocycles. The van der Waals surface area contributed by atoms with Crippen molar-refractivity contribution in [1.29, 1.82) is 0 Å². The van der Waals surface area contributed by atoms with Gasteiger partial charge in [-0.1, -0.05) is 38.5 Å². The number of benzene rings is 1. The maximum absolute atomic E-state index is 12.7. The van der Waals surface area contributed by atoms with Crippen LogP contribution in [0.1, 0.15) is 62.7 Å². The number of Topliss-reactive ketones (excluding diaryl/α,β-unsaturated/α-hetero) is 1. The standard InChI is InChI=1S/C18H25NOS.C2H6/c1-21-18-10-3-2-8-15(18)17(20)13-14-7-6-9-16(14)19-11-4-5-12-19;1-2/h2-3,8,10,14,16H,4-7,9,11-13H2,1H3;1-2H3. The average Bonchev–Trinajstić information content (AvgIpc) is 3.27. The first-order valence-corrected chi connectivity index (χ1v) is 10.4. The molecule has 3 rings (SSSR count). The largest absolute Gasteiger partial charge is 0.300 e. The van der Waals surface area contributed by atoms with Crippen LogP contribution in [0.25, 0.3) is 0 Å². The number of hydrogen-bond donors (Lipinski definition) is 0. The Morgan fingerprint density at radius 2 is 1.83 bits per heavy atom. The predicted molar refractivity (Wildman–Crippen MR) is 100 cm³/mol. The van der Waals surface area contributed by atoms with Gasteiger partial charge in [0.15, 0.2) is 5.78 Å². The molecule has 3 heteroatoms. The molecule has 1 aromatic carbocycles. The fourth-order valence-electron chi connectivity index (χ4n) is 4.03. The predicted octanol–water partition coefficient (Wildman–Crippen LogP) is 5.27. The maximum atomic E-state index is 12.7. The highest BCUT2D eigenvalue weighted by Crippen LogP contribution is 2.35. The van der Waals surface area contributed by atoms with Crippen LogP contribution < -0.4 is 0 Å². The van der Waals surface area contributed by atoms with Crippen LogP contribution in [-0.4, -0.2) is 36.1 Å². The van der Waals surface area contributed by atoms with Gasteiger partial charge in [0, 0.05) is 22.9 Å². The molecule has 0 amide bonds. The highest BCUT2D eigenvalue weighted by Gasteiger charge is 2.34. The van der Waals surface area contributed by atoms with Gasteiger partial charge in [-0.2, -0.15) is 0 Å². The van der Waals surface area contributed by atoms with Gasteiger partial charge in [0.05, 0.1) is 0 Å². The van der Waals surface area contributed by atoms with Gasteiger partial charge in [-0.05, 0) is 57.0 Å². The average molecular weight is 334 g/mol. The lowest BCUT2D eigenvalue weighted by atomic mass is 9.93. The first-order valence-electron chi connectivity index (χ1n) is 9.20. The van der Waals surface area contributed by atoms with Crippen molar-refractivity contribution in [3.05, 3.63) is 29.8 Å². The van der Waals surface area contributed by atoms with E-state index in [2.05, 4.69) is 17.2 Å². The van der Waals surface area contributed by atoms with Gasteiger partial charge in [0.25, 0.3) is 0 Å². The Kier molecular flexibility index (Phi) is 7.64. The molecule has 1 aliphatic heterocycles. The van der Waals surface area contributed by atoms with Crippen LogP contribution >= 0.6 is 11.8 Å². The molecule has 1 aliphatic carbocycles. The van der Waals surface area contributed by atoms with Gasteiger partial charge in [-0.15, -0.1) is 11.8 Å². The molecule has 128 valence electrons. The molecule has 0 aromatic heterocycles. The Hall–Kier alpha value is -0.800. The number of rotatable bonds is 5. The van der Waals surface area contributed by atoms with Crippen LogP contribution in [0.15, 0.2) is 29.2 Å². The number of nitrogens with zero attached hydrogens (tertiary/aromatic N) is 1. The third kappa shape index (κ3) is 4.60. The zero-order valence-electron chi connectivity index (χ0n) is 14.9. The van der Waals surface area contributed by atoms with Crippen LogP contribution in [-0.2, 0) is 0 Å². The molecular formula is C20H31NOS.